The van der Waals surface area contributed by atoms with Crippen molar-refractivity contribution in [2.45, 2.75) is 19.3 Å². The quantitative estimate of drug-likeness (QED) is 0.578. The summed E-state index contributed by atoms with van der Waals surface area (Å²) in [5, 5.41) is 9.82. The number of nitrogens with zero attached hydrogens (tertiary/aromatic N) is 4. The number of hydrogen-bond acceptors (Lipinski definition) is 5. The second kappa shape index (κ2) is 7.98. The Morgan fingerprint density at radius 3 is 2.90 bits per heavy atom. The summed E-state index contributed by atoms with van der Waals surface area (Å²) in [6.45, 7) is 1.21. The number of piperidine rings is 1. The van der Waals surface area contributed by atoms with Crippen molar-refractivity contribution in [1.82, 2.24) is 15.0 Å². The first-order chi connectivity index (χ1) is 13.9. The van der Waals surface area contributed by atoms with Gasteiger partial charge in [0.05, 0.1) is 20.9 Å². The van der Waals surface area contributed by atoms with Crippen LogP contribution in [-0.4, -0.2) is 39.1 Å². The molecule has 0 radical (unpaired) electrons. The van der Waals surface area contributed by atoms with Crippen LogP contribution in [0, 0.1) is 17.6 Å². The van der Waals surface area contributed by atoms with Crippen LogP contribution in [0.2, 0.25) is 0 Å². The number of benzene rings is 1. The lowest BCUT2D eigenvalue weighted by molar-refractivity contribution is -0.138. The Morgan fingerprint density at radius 1 is 1.28 bits per heavy atom. The van der Waals surface area contributed by atoms with Gasteiger partial charge in [-0.2, -0.15) is 0 Å². The lowest BCUT2D eigenvalue weighted by Gasteiger charge is -2.33. The van der Waals surface area contributed by atoms with E-state index >= 15 is 0 Å². The summed E-state index contributed by atoms with van der Waals surface area (Å²) in [4.78, 5) is 26.2. The summed E-state index contributed by atoms with van der Waals surface area (Å²) in [6.07, 6.45) is 4.93. The summed E-state index contributed by atoms with van der Waals surface area (Å²) in [5.41, 5.74) is 0.521. The molecule has 1 fully saturated rings. The highest BCUT2D eigenvalue weighted by atomic mass is 79.9. The monoisotopic (exact) mass is 462 g/mol. The van der Waals surface area contributed by atoms with Crippen LogP contribution >= 0.6 is 15.9 Å². The number of hydrogen-bond donors (Lipinski definition) is 1. The van der Waals surface area contributed by atoms with Crippen LogP contribution in [0.1, 0.15) is 19.3 Å². The average Bonchev–Trinajstić information content (AvgIpc) is 2.69. The fraction of sp³-hybridized carbons (Fsp3) is 0.300. The molecule has 1 aromatic carbocycles. The number of rotatable bonds is 4. The Hall–Kier alpha value is -2.68. The highest BCUT2D eigenvalue weighted by Crippen LogP contribution is 2.32. The van der Waals surface area contributed by atoms with E-state index in [4.69, 9.17) is 5.11 Å². The third kappa shape index (κ3) is 4.05. The molecular formula is C20H17BrF2N4O2. The van der Waals surface area contributed by atoms with Crippen molar-refractivity contribution in [3.05, 3.63) is 46.7 Å². The van der Waals surface area contributed by atoms with Gasteiger partial charge in [-0.05, 0) is 52.9 Å². The molecule has 0 aliphatic carbocycles. The van der Waals surface area contributed by atoms with Crippen LogP contribution in [0.25, 0.3) is 22.3 Å². The van der Waals surface area contributed by atoms with Crippen LogP contribution < -0.4 is 4.90 Å². The fourth-order valence-electron chi connectivity index (χ4n) is 3.68. The number of fused-ring (bicyclic) bond motifs is 1. The second-order valence-electron chi connectivity index (χ2n) is 7.06. The van der Waals surface area contributed by atoms with E-state index in [9.17, 15) is 13.6 Å². The molecule has 6 nitrogen and oxygen atoms in total. The maximum atomic E-state index is 14.5. The Bertz CT molecular complexity index is 1100. The molecule has 1 atom stereocenters. The maximum absolute atomic E-state index is 14.5. The molecular weight excluding hydrogens is 446 g/mol. The highest BCUT2D eigenvalue weighted by molar-refractivity contribution is 9.10. The van der Waals surface area contributed by atoms with Gasteiger partial charge in [0.15, 0.2) is 5.82 Å². The molecule has 1 saturated heterocycles. The summed E-state index contributed by atoms with van der Waals surface area (Å²) < 4.78 is 28.6. The van der Waals surface area contributed by atoms with Gasteiger partial charge in [-0.25, -0.2) is 18.7 Å². The zero-order chi connectivity index (χ0) is 20.5. The molecule has 0 spiro atoms. The minimum atomic E-state index is -0.834. The Morgan fingerprint density at radius 2 is 2.10 bits per heavy atom. The van der Waals surface area contributed by atoms with Crippen molar-refractivity contribution in [2.75, 3.05) is 18.0 Å². The predicted molar refractivity (Wildman–Crippen MR) is 108 cm³/mol. The summed E-state index contributed by atoms with van der Waals surface area (Å²) >= 11 is 2.98. The van der Waals surface area contributed by atoms with Crippen LogP contribution in [0.15, 0.2) is 35.1 Å². The van der Waals surface area contributed by atoms with E-state index in [-0.39, 0.29) is 28.2 Å². The molecule has 1 aliphatic heterocycles. The van der Waals surface area contributed by atoms with Crippen molar-refractivity contribution in [1.29, 1.82) is 0 Å². The Kier molecular flexibility index (Phi) is 5.40. The molecule has 29 heavy (non-hydrogen) atoms. The van der Waals surface area contributed by atoms with Crippen molar-refractivity contribution in [2.24, 2.45) is 5.92 Å². The topological polar surface area (TPSA) is 79.2 Å². The lowest BCUT2D eigenvalue weighted by Crippen LogP contribution is -2.37. The summed E-state index contributed by atoms with van der Waals surface area (Å²) in [6, 6.07) is 3.80. The Labute approximate surface area is 173 Å². The van der Waals surface area contributed by atoms with E-state index in [2.05, 4.69) is 30.9 Å². The van der Waals surface area contributed by atoms with E-state index < -0.39 is 17.6 Å². The Balaban J connectivity index is 1.82. The van der Waals surface area contributed by atoms with E-state index in [1.54, 1.807) is 18.5 Å². The zero-order valence-electron chi connectivity index (χ0n) is 15.3. The number of anilines is 1. The molecule has 150 valence electrons. The van der Waals surface area contributed by atoms with Gasteiger partial charge in [0.1, 0.15) is 17.5 Å². The number of carboxylic acid groups (broad SMARTS) is 1. The standard InChI is InChI=1S/C20H17BrF2N4O2/c21-14-8-15(22)12(7-16(14)23)19-25-17-3-4-24-9-13(17)20(26-19)27-5-1-2-11(10-27)6-18(28)29/h3-4,7-9,11H,1-2,5-6,10H2,(H,28,29). The molecule has 1 N–H and O–H groups in total. The lowest BCUT2D eigenvalue weighted by atomic mass is 9.94. The van der Waals surface area contributed by atoms with Crippen molar-refractivity contribution in [3.63, 3.8) is 0 Å². The molecule has 1 aliphatic rings. The van der Waals surface area contributed by atoms with Gasteiger partial charge in [-0.3, -0.25) is 9.78 Å². The van der Waals surface area contributed by atoms with Crippen LogP contribution in [-0.2, 0) is 4.79 Å². The number of pyridine rings is 1. The molecule has 9 heteroatoms. The van der Waals surface area contributed by atoms with E-state index in [1.165, 1.54) is 0 Å². The molecule has 1 unspecified atom stereocenters. The van der Waals surface area contributed by atoms with Gasteiger partial charge < -0.3 is 10.0 Å². The van der Waals surface area contributed by atoms with Gasteiger partial charge in [-0.1, -0.05) is 0 Å². The van der Waals surface area contributed by atoms with Gasteiger partial charge in [0.2, 0.25) is 0 Å². The third-order valence-corrected chi connectivity index (χ3v) is 5.62. The average molecular weight is 463 g/mol. The highest BCUT2D eigenvalue weighted by Gasteiger charge is 2.25. The molecule has 2 aromatic heterocycles. The van der Waals surface area contributed by atoms with Crippen LogP contribution in [0.5, 0.6) is 0 Å². The van der Waals surface area contributed by atoms with Gasteiger partial charge in [-0.15, -0.1) is 0 Å². The maximum Gasteiger partial charge on any atom is 0.303 e. The van der Waals surface area contributed by atoms with Gasteiger partial charge in [0.25, 0.3) is 0 Å². The van der Waals surface area contributed by atoms with Crippen LogP contribution in [0.3, 0.4) is 0 Å². The van der Waals surface area contributed by atoms with Gasteiger partial charge in [0, 0.05) is 31.9 Å². The first kappa shape index (κ1) is 19.6. The molecule has 0 amide bonds. The largest absolute Gasteiger partial charge is 0.481 e. The molecule has 0 bridgehead atoms. The normalized spacial score (nSPS) is 16.9. The number of carbonyl (C=O) groups is 1. The van der Waals surface area contributed by atoms with Crippen molar-refractivity contribution in [3.8, 4) is 11.4 Å². The molecule has 0 saturated carbocycles. The number of aliphatic carboxylic acids is 1. The van der Waals surface area contributed by atoms with E-state index in [0.717, 1.165) is 25.0 Å². The first-order valence-corrected chi connectivity index (χ1v) is 9.95. The SMILES string of the molecule is O=C(O)CC1CCCN(c2nc(-c3cc(F)c(Br)cc3F)nc3ccncc23)C1. The predicted octanol–water partition coefficient (Wildman–Crippen LogP) is 4.42. The molecule has 3 aromatic rings. The minimum absolute atomic E-state index is 0.00625. The smallest absolute Gasteiger partial charge is 0.303 e. The summed E-state index contributed by atoms with van der Waals surface area (Å²) in [5.74, 6) is -1.47. The number of halogens is 3. The van der Waals surface area contributed by atoms with E-state index in [1.807, 2.05) is 4.90 Å². The third-order valence-electron chi connectivity index (χ3n) is 5.01. The van der Waals surface area contributed by atoms with Crippen molar-refractivity contribution < 1.29 is 18.7 Å². The second-order valence-corrected chi connectivity index (χ2v) is 7.92. The zero-order valence-corrected chi connectivity index (χ0v) is 16.9. The molecule has 3 heterocycles. The van der Waals surface area contributed by atoms with Crippen LogP contribution in [0.4, 0.5) is 14.6 Å². The van der Waals surface area contributed by atoms with E-state index in [0.29, 0.717) is 29.8 Å². The first-order valence-electron chi connectivity index (χ1n) is 9.16. The molecule has 4 rings (SSSR count). The fourth-order valence-corrected chi connectivity index (χ4v) is 4.00. The number of aromatic nitrogens is 3. The number of carboxylic acids is 1. The minimum Gasteiger partial charge on any atom is -0.481 e. The van der Waals surface area contributed by atoms with Gasteiger partial charge >= 0.3 is 5.97 Å². The summed E-state index contributed by atoms with van der Waals surface area (Å²) in [7, 11) is 0. The van der Waals surface area contributed by atoms with Crippen molar-refractivity contribution >= 4 is 38.6 Å².